The number of aromatic nitrogens is 4. The maximum Gasteiger partial charge on any atom is 0.183 e. The van der Waals surface area contributed by atoms with Gasteiger partial charge in [0.2, 0.25) is 0 Å². The lowest BCUT2D eigenvalue weighted by Crippen LogP contribution is -2.14. The molecule has 1 atom stereocenters. The van der Waals surface area contributed by atoms with Crippen LogP contribution >= 0.6 is 7.92 Å². The van der Waals surface area contributed by atoms with E-state index in [1.54, 1.807) is 6.33 Å². The summed E-state index contributed by atoms with van der Waals surface area (Å²) in [4.78, 5) is 15.6. The van der Waals surface area contributed by atoms with Crippen molar-refractivity contribution in [3.05, 3.63) is 6.33 Å². The van der Waals surface area contributed by atoms with Crippen molar-refractivity contribution in [2.75, 3.05) is 18.6 Å². The van der Waals surface area contributed by atoms with Crippen LogP contribution in [0.1, 0.15) is 6.92 Å². The molecule has 0 aromatic carbocycles. The zero-order valence-electron chi connectivity index (χ0n) is 8.15. The van der Waals surface area contributed by atoms with E-state index in [0.717, 1.165) is 17.2 Å². The van der Waals surface area contributed by atoms with Crippen molar-refractivity contribution < 1.29 is 0 Å². The average molecular weight is 209 g/mol. The molecule has 74 valence electrons. The van der Waals surface area contributed by atoms with Crippen LogP contribution in [0, 0.1) is 0 Å². The van der Waals surface area contributed by atoms with Crippen molar-refractivity contribution in [2.24, 2.45) is 0 Å². The Morgan fingerprint density at radius 3 is 3.00 bits per heavy atom. The number of nitrogens with zero attached hydrogens (tertiary/aromatic N) is 3. The van der Waals surface area contributed by atoms with Gasteiger partial charge in [-0.3, -0.25) is 0 Å². The molecular formula is C8H12N5P. The van der Waals surface area contributed by atoms with E-state index in [0.29, 0.717) is 11.5 Å². The highest BCUT2D eigenvalue weighted by Gasteiger charge is 2.10. The summed E-state index contributed by atoms with van der Waals surface area (Å²) < 4.78 is 0. The minimum atomic E-state index is -0.300. The van der Waals surface area contributed by atoms with Crippen LogP contribution < -0.4 is 11.3 Å². The van der Waals surface area contributed by atoms with Gasteiger partial charge >= 0.3 is 0 Å². The van der Waals surface area contributed by atoms with E-state index in [1.807, 2.05) is 0 Å². The standard InChI is InChI=1S/C8H12N5P/c1-3-14(2)8-12-6(9)5-7(13-8)11-4-10-5/h4H,3H2,1-2H3,(H3,9,10,11,12,13). The Balaban J connectivity index is 2.58. The molecule has 0 aliphatic rings. The van der Waals surface area contributed by atoms with Gasteiger partial charge in [0, 0.05) is 0 Å². The fourth-order valence-corrected chi connectivity index (χ4v) is 1.98. The molecule has 0 saturated heterocycles. The zero-order valence-corrected chi connectivity index (χ0v) is 9.05. The molecule has 1 unspecified atom stereocenters. The van der Waals surface area contributed by atoms with Gasteiger partial charge in [-0.25, -0.2) is 15.0 Å². The van der Waals surface area contributed by atoms with Gasteiger partial charge in [0.25, 0.3) is 0 Å². The van der Waals surface area contributed by atoms with E-state index in [9.17, 15) is 0 Å². The number of H-pyrrole nitrogens is 1. The van der Waals surface area contributed by atoms with Crippen LogP contribution in [0.15, 0.2) is 6.33 Å². The molecule has 0 saturated carbocycles. The molecule has 3 N–H and O–H groups in total. The number of nitrogens with one attached hydrogen (secondary N) is 1. The predicted octanol–water partition coefficient (Wildman–Crippen LogP) is 0.692. The SMILES string of the molecule is CCP(C)c1nc(N)c2[nH]cnc2n1. The summed E-state index contributed by atoms with van der Waals surface area (Å²) in [6.45, 7) is 4.27. The van der Waals surface area contributed by atoms with Crippen molar-refractivity contribution in [1.29, 1.82) is 0 Å². The van der Waals surface area contributed by atoms with Crippen LogP contribution in [0.3, 0.4) is 0 Å². The Morgan fingerprint density at radius 2 is 2.29 bits per heavy atom. The number of hydrogen-bond acceptors (Lipinski definition) is 4. The lowest BCUT2D eigenvalue weighted by Gasteiger charge is -2.07. The average Bonchev–Trinajstić information content (AvgIpc) is 2.64. The molecule has 2 heterocycles. The summed E-state index contributed by atoms with van der Waals surface area (Å²) in [5.41, 5.74) is 8.01. The van der Waals surface area contributed by atoms with Gasteiger partial charge in [-0.2, -0.15) is 0 Å². The largest absolute Gasteiger partial charge is 0.382 e. The predicted molar refractivity (Wildman–Crippen MR) is 59.1 cm³/mol. The van der Waals surface area contributed by atoms with Gasteiger partial charge in [-0.05, 0) is 20.7 Å². The van der Waals surface area contributed by atoms with E-state index in [2.05, 4.69) is 33.5 Å². The van der Waals surface area contributed by atoms with Crippen LogP contribution in [0.5, 0.6) is 0 Å². The van der Waals surface area contributed by atoms with Crippen LogP contribution in [-0.2, 0) is 0 Å². The van der Waals surface area contributed by atoms with E-state index in [4.69, 9.17) is 5.73 Å². The first-order chi connectivity index (χ1) is 6.72. The summed E-state index contributed by atoms with van der Waals surface area (Å²) in [5.74, 6) is 0.491. The Hall–Kier alpha value is -1.22. The summed E-state index contributed by atoms with van der Waals surface area (Å²) in [6.07, 6.45) is 2.65. The number of fused-ring (bicyclic) bond motifs is 1. The number of rotatable bonds is 2. The molecule has 0 radical (unpaired) electrons. The van der Waals surface area contributed by atoms with Crippen LogP contribution in [0.25, 0.3) is 11.2 Å². The second-order valence-corrected chi connectivity index (χ2v) is 5.45. The summed E-state index contributed by atoms with van der Waals surface area (Å²) in [7, 11) is -0.300. The number of hydrogen-bond donors (Lipinski definition) is 2. The molecule has 14 heavy (non-hydrogen) atoms. The number of nitrogen functional groups attached to an aromatic ring is 1. The highest BCUT2D eigenvalue weighted by atomic mass is 31.1. The third-order valence-electron chi connectivity index (χ3n) is 2.12. The van der Waals surface area contributed by atoms with Gasteiger partial charge in [-0.15, -0.1) is 0 Å². The lowest BCUT2D eigenvalue weighted by atomic mass is 10.5. The number of nitrogens with two attached hydrogens (primary N) is 1. The monoisotopic (exact) mass is 209 g/mol. The molecule has 0 fully saturated rings. The molecule has 0 bridgehead atoms. The first-order valence-corrected chi connectivity index (χ1v) is 6.37. The Kier molecular flexibility index (Phi) is 2.33. The van der Waals surface area contributed by atoms with Crippen molar-refractivity contribution in [2.45, 2.75) is 6.92 Å². The maximum absolute atomic E-state index is 5.78. The molecule has 6 heteroatoms. The normalized spacial score (nSPS) is 13.3. The summed E-state index contributed by atoms with van der Waals surface area (Å²) in [5, 5.41) is 0. The highest BCUT2D eigenvalue weighted by molar-refractivity contribution is 7.64. The first-order valence-electron chi connectivity index (χ1n) is 4.40. The summed E-state index contributed by atoms with van der Waals surface area (Å²) in [6, 6.07) is 0. The molecule has 2 aromatic heterocycles. The van der Waals surface area contributed by atoms with Crippen molar-refractivity contribution in [3.8, 4) is 0 Å². The number of imidazole rings is 1. The number of anilines is 1. The minimum Gasteiger partial charge on any atom is -0.382 e. The molecule has 5 nitrogen and oxygen atoms in total. The molecule has 0 aliphatic carbocycles. The Labute approximate surface area is 82.9 Å². The van der Waals surface area contributed by atoms with Gasteiger partial charge in [-0.1, -0.05) is 6.92 Å². The van der Waals surface area contributed by atoms with Crippen molar-refractivity contribution in [1.82, 2.24) is 19.9 Å². The topological polar surface area (TPSA) is 80.5 Å². The fraction of sp³-hybridized carbons (Fsp3) is 0.375. The van der Waals surface area contributed by atoms with Gasteiger partial charge < -0.3 is 10.7 Å². The molecule has 2 aromatic rings. The third-order valence-corrected chi connectivity index (χ3v) is 3.95. The first kappa shape index (κ1) is 9.34. The van der Waals surface area contributed by atoms with Gasteiger partial charge in [0.15, 0.2) is 17.0 Å². The van der Waals surface area contributed by atoms with Crippen LogP contribution in [-0.4, -0.2) is 32.8 Å². The fourth-order valence-electron chi connectivity index (χ4n) is 1.16. The molecular weight excluding hydrogens is 197 g/mol. The molecule has 0 amide bonds. The molecule has 0 spiro atoms. The Morgan fingerprint density at radius 1 is 1.50 bits per heavy atom. The van der Waals surface area contributed by atoms with E-state index in [1.165, 1.54) is 0 Å². The lowest BCUT2D eigenvalue weighted by molar-refractivity contribution is 1.26. The van der Waals surface area contributed by atoms with E-state index in [-0.39, 0.29) is 7.92 Å². The smallest absolute Gasteiger partial charge is 0.183 e. The van der Waals surface area contributed by atoms with Gasteiger partial charge in [0.1, 0.15) is 5.52 Å². The third kappa shape index (κ3) is 1.44. The van der Waals surface area contributed by atoms with Gasteiger partial charge in [0.05, 0.1) is 6.33 Å². The molecule has 2 rings (SSSR count). The van der Waals surface area contributed by atoms with Crippen molar-refractivity contribution in [3.63, 3.8) is 0 Å². The van der Waals surface area contributed by atoms with E-state index >= 15 is 0 Å². The minimum absolute atomic E-state index is 0.300. The zero-order chi connectivity index (χ0) is 10.1. The second kappa shape index (κ2) is 3.50. The van der Waals surface area contributed by atoms with Crippen LogP contribution in [0.2, 0.25) is 0 Å². The highest BCUT2D eigenvalue weighted by Crippen LogP contribution is 2.27. The van der Waals surface area contributed by atoms with E-state index < -0.39 is 0 Å². The summed E-state index contributed by atoms with van der Waals surface area (Å²) >= 11 is 0. The van der Waals surface area contributed by atoms with Crippen LogP contribution in [0.4, 0.5) is 5.82 Å². The maximum atomic E-state index is 5.78. The second-order valence-electron chi connectivity index (χ2n) is 3.02. The molecule has 0 aliphatic heterocycles. The van der Waals surface area contributed by atoms with Crippen molar-refractivity contribution >= 4 is 30.5 Å². The quantitative estimate of drug-likeness (QED) is 0.713. The number of aromatic amines is 1. The Bertz CT molecular complexity index is 452.